The summed E-state index contributed by atoms with van der Waals surface area (Å²) >= 11 is 6.00. The first-order valence-corrected chi connectivity index (χ1v) is 10.1. The summed E-state index contributed by atoms with van der Waals surface area (Å²) < 4.78 is 3.67. The highest BCUT2D eigenvalue weighted by Crippen LogP contribution is 2.33. The van der Waals surface area contributed by atoms with Gasteiger partial charge in [-0.1, -0.05) is 43.5 Å². The van der Waals surface area contributed by atoms with E-state index in [2.05, 4.69) is 17.0 Å². The fourth-order valence-corrected chi connectivity index (χ4v) is 4.56. The van der Waals surface area contributed by atoms with E-state index in [4.69, 9.17) is 11.6 Å². The average molecular weight is 393 g/mol. The van der Waals surface area contributed by atoms with Crippen LogP contribution in [0.25, 0.3) is 27.7 Å². The van der Waals surface area contributed by atoms with Gasteiger partial charge in [-0.3, -0.25) is 4.79 Å². The van der Waals surface area contributed by atoms with Crippen molar-refractivity contribution in [1.29, 1.82) is 0 Å². The van der Waals surface area contributed by atoms with Gasteiger partial charge < -0.3 is 4.57 Å². The number of benzene rings is 1. The van der Waals surface area contributed by atoms with Crippen LogP contribution < -0.4 is 5.56 Å². The molecule has 0 spiro atoms. The molecule has 0 bridgehead atoms. The number of hydrogen-bond acceptors (Lipinski definition) is 3. The molecule has 0 saturated heterocycles. The van der Waals surface area contributed by atoms with Crippen LogP contribution in [0.2, 0.25) is 5.02 Å². The van der Waals surface area contributed by atoms with E-state index in [-0.39, 0.29) is 11.6 Å². The average Bonchev–Trinajstić information content (AvgIpc) is 3.14. The molecule has 1 aliphatic carbocycles. The Morgan fingerprint density at radius 2 is 1.86 bits per heavy atom. The fraction of sp³-hybridized carbons (Fsp3) is 0.318. The summed E-state index contributed by atoms with van der Waals surface area (Å²) in [7, 11) is 0. The van der Waals surface area contributed by atoms with E-state index in [1.165, 1.54) is 19.3 Å². The molecule has 0 amide bonds. The van der Waals surface area contributed by atoms with Crippen LogP contribution in [0.3, 0.4) is 0 Å². The van der Waals surface area contributed by atoms with E-state index in [0.29, 0.717) is 16.3 Å². The molecule has 5 rings (SSSR count). The highest BCUT2D eigenvalue weighted by Gasteiger charge is 2.24. The van der Waals surface area contributed by atoms with E-state index >= 15 is 0 Å². The predicted molar refractivity (Wildman–Crippen MR) is 112 cm³/mol. The summed E-state index contributed by atoms with van der Waals surface area (Å²) in [4.78, 5) is 17.8. The highest BCUT2D eigenvalue weighted by atomic mass is 35.5. The highest BCUT2D eigenvalue weighted by molar-refractivity contribution is 6.30. The van der Waals surface area contributed by atoms with Crippen LogP contribution in [-0.4, -0.2) is 19.2 Å². The first kappa shape index (κ1) is 17.4. The number of fused-ring (bicyclic) bond motifs is 3. The molecule has 1 saturated carbocycles. The largest absolute Gasteiger partial charge is 0.312 e. The van der Waals surface area contributed by atoms with E-state index in [1.54, 1.807) is 16.9 Å². The Morgan fingerprint density at radius 1 is 1.07 bits per heavy atom. The molecule has 5 nitrogen and oxygen atoms in total. The molecule has 1 aromatic carbocycles. The first-order chi connectivity index (χ1) is 13.6. The number of aromatic nitrogens is 4. The summed E-state index contributed by atoms with van der Waals surface area (Å²) in [5.41, 5.74) is 3.46. The second kappa shape index (κ2) is 6.74. The molecule has 1 fully saturated rings. The van der Waals surface area contributed by atoms with Crippen molar-refractivity contribution >= 4 is 28.2 Å². The zero-order chi connectivity index (χ0) is 19.3. The van der Waals surface area contributed by atoms with Gasteiger partial charge in [0.25, 0.3) is 5.56 Å². The summed E-state index contributed by atoms with van der Waals surface area (Å²) in [6.45, 7) is 2.24. The van der Waals surface area contributed by atoms with Crippen LogP contribution in [0.15, 0.2) is 53.7 Å². The second-order valence-corrected chi connectivity index (χ2v) is 8.15. The lowest BCUT2D eigenvalue weighted by molar-refractivity contribution is 0.253. The quantitative estimate of drug-likeness (QED) is 0.476. The minimum atomic E-state index is 0.0224. The molecular formula is C22H21ClN4O. The molecule has 4 aromatic rings. The van der Waals surface area contributed by atoms with Crippen LogP contribution in [0, 0.1) is 5.92 Å². The van der Waals surface area contributed by atoms with Gasteiger partial charge >= 0.3 is 0 Å². The molecule has 0 aliphatic heterocycles. The zero-order valence-corrected chi connectivity index (χ0v) is 16.4. The maximum atomic E-state index is 13.2. The first-order valence-electron chi connectivity index (χ1n) is 9.77. The van der Waals surface area contributed by atoms with Crippen molar-refractivity contribution in [3.8, 4) is 11.1 Å². The third-order valence-corrected chi connectivity index (χ3v) is 6.25. The SMILES string of the molecule is CC1CCCCC1n1ccc2c(cnc3c(-c4ccc(Cl)cc4)cnn32)c1=O. The third kappa shape index (κ3) is 2.73. The molecule has 2 atom stereocenters. The topological polar surface area (TPSA) is 52.2 Å². The molecule has 1 aliphatic rings. The number of rotatable bonds is 2. The Bertz CT molecular complexity index is 1230. The second-order valence-electron chi connectivity index (χ2n) is 7.71. The Morgan fingerprint density at radius 3 is 2.64 bits per heavy atom. The van der Waals surface area contributed by atoms with Crippen LogP contribution >= 0.6 is 11.6 Å². The molecule has 0 radical (unpaired) electrons. The number of nitrogens with zero attached hydrogens (tertiary/aromatic N) is 4. The number of pyridine rings is 1. The summed E-state index contributed by atoms with van der Waals surface area (Å²) in [5.74, 6) is 0.516. The van der Waals surface area contributed by atoms with Gasteiger partial charge in [-0.25, -0.2) is 9.50 Å². The smallest absolute Gasteiger partial charge is 0.261 e. The van der Waals surface area contributed by atoms with E-state index in [0.717, 1.165) is 28.7 Å². The van der Waals surface area contributed by atoms with Crippen molar-refractivity contribution in [1.82, 2.24) is 19.2 Å². The lowest BCUT2D eigenvalue weighted by Gasteiger charge is -2.30. The van der Waals surface area contributed by atoms with E-state index in [9.17, 15) is 4.79 Å². The molecule has 0 N–H and O–H groups in total. The lowest BCUT2D eigenvalue weighted by atomic mass is 9.85. The van der Waals surface area contributed by atoms with Crippen LogP contribution in [-0.2, 0) is 0 Å². The number of halogens is 1. The van der Waals surface area contributed by atoms with Gasteiger partial charge in [-0.05, 0) is 42.5 Å². The van der Waals surface area contributed by atoms with Crippen molar-refractivity contribution in [2.24, 2.45) is 5.92 Å². The van der Waals surface area contributed by atoms with Crippen molar-refractivity contribution in [3.63, 3.8) is 0 Å². The van der Waals surface area contributed by atoms with Gasteiger partial charge in [0.1, 0.15) is 0 Å². The van der Waals surface area contributed by atoms with Crippen LogP contribution in [0.5, 0.6) is 0 Å². The Hall–Kier alpha value is -2.66. The monoisotopic (exact) mass is 392 g/mol. The molecule has 3 aromatic heterocycles. The van der Waals surface area contributed by atoms with Gasteiger partial charge in [0.05, 0.1) is 17.1 Å². The van der Waals surface area contributed by atoms with Gasteiger partial charge in [0, 0.05) is 29.0 Å². The standard InChI is InChI=1S/C22H21ClN4O/c1-14-4-2-3-5-19(14)26-11-10-20-18(22(26)28)12-24-21-17(13-25-27(20)21)15-6-8-16(23)9-7-15/h6-14,19H,2-5H2,1H3. The molecule has 3 heterocycles. The minimum Gasteiger partial charge on any atom is -0.312 e. The van der Waals surface area contributed by atoms with E-state index < -0.39 is 0 Å². The van der Waals surface area contributed by atoms with Crippen molar-refractivity contribution < 1.29 is 0 Å². The van der Waals surface area contributed by atoms with E-state index in [1.807, 2.05) is 41.1 Å². The normalized spacial score (nSPS) is 20.1. The third-order valence-electron chi connectivity index (χ3n) is 6.00. The zero-order valence-electron chi connectivity index (χ0n) is 15.7. The molecular weight excluding hydrogens is 372 g/mol. The molecule has 2 unspecified atom stereocenters. The molecule has 6 heteroatoms. The molecule has 142 valence electrons. The Balaban J connectivity index is 1.66. The van der Waals surface area contributed by atoms with Gasteiger partial charge in [-0.2, -0.15) is 5.10 Å². The van der Waals surface area contributed by atoms with Gasteiger partial charge in [0.15, 0.2) is 5.65 Å². The number of hydrogen-bond donors (Lipinski definition) is 0. The Kier molecular flexibility index (Phi) is 4.20. The lowest BCUT2D eigenvalue weighted by Crippen LogP contribution is -2.30. The maximum Gasteiger partial charge on any atom is 0.261 e. The minimum absolute atomic E-state index is 0.0224. The summed E-state index contributed by atoms with van der Waals surface area (Å²) in [5, 5.41) is 5.82. The van der Waals surface area contributed by atoms with Gasteiger partial charge in [-0.15, -0.1) is 0 Å². The Labute approximate surface area is 167 Å². The summed E-state index contributed by atoms with van der Waals surface area (Å²) in [6.07, 6.45) is 10.1. The maximum absolute atomic E-state index is 13.2. The van der Waals surface area contributed by atoms with Crippen molar-refractivity contribution in [2.75, 3.05) is 0 Å². The van der Waals surface area contributed by atoms with Gasteiger partial charge in [0.2, 0.25) is 0 Å². The van der Waals surface area contributed by atoms with Crippen molar-refractivity contribution in [3.05, 3.63) is 64.3 Å². The van der Waals surface area contributed by atoms with Crippen LogP contribution in [0.4, 0.5) is 0 Å². The summed E-state index contributed by atoms with van der Waals surface area (Å²) in [6, 6.07) is 9.87. The van der Waals surface area contributed by atoms with Crippen molar-refractivity contribution in [2.45, 2.75) is 38.6 Å². The fourth-order valence-electron chi connectivity index (χ4n) is 4.44. The predicted octanol–water partition coefficient (Wildman–Crippen LogP) is 5.12. The van der Waals surface area contributed by atoms with Crippen LogP contribution in [0.1, 0.15) is 38.6 Å². The molecule has 28 heavy (non-hydrogen) atoms.